The molecule has 0 aromatic heterocycles. The van der Waals surface area contributed by atoms with Crippen LogP contribution in [0.4, 0.5) is 0 Å². The summed E-state index contributed by atoms with van der Waals surface area (Å²) >= 11 is 0. The first-order chi connectivity index (χ1) is 10.2. The van der Waals surface area contributed by atoms with Crippen molar-refractivity contribution in [3.8, 4) is 11.1 Å². The molecule has 3 heteroatoms. The van der Waals surface area contributed by atoms with Crippen LogP contribution >= 0.6 is 7.14 Å². The van der Waals surface area contributed by atoms with Crippen molar-refractivity contribution in [2.24, 2.45) is 0 Å². The zero-order chi connectivity index (χ0) is 14.7. The van der Waals surface area contributed by atoms with E-state index in [4.69, 9.17) is 7.57 Å². The van der Waals surface area contributed by atoms with E-state index in [2.05, 4.69) is 49.1 Å². The number of hydrogen-bond donors (Lipinski definition) is 0. The number of rotatable bonds is 3. The minimum atomic E-state index is -2.10. The second kappa shape index (κ2) is 7.34. The van der Waals surface area contributed by atoms with E-state index in [1.165, 1.54) is 11.1 Å². The summed E-state index contributed by atoms with van der Waals surface area (Å²) < 4.78 is 0. The van der Waals surface area contributed by atoms with Gasteiger partial charge in [-0.1, -0.05) is 66.7 Å². The van der Waals surface area contributed by atoms with Gasteiger partial charge in [-0.05, 0) is 23.8 Å². The normalized spacial score (nSPS) is 13.0. The van der Waals surface area contributed by atoms with Crippen molar-refractivity contribution in [2.45, 2.75) is 0 Å². The van der Waals surface area contributed by atoms with E-state index in [1.54, 1.807) is 0 Å². The van der Waals surface area contributed by atoms with Gasteiger partial charge < -0.3 is 14.7 Å². The molecule has 0 aliphatic carbocycles. The molecule has 0 spiro atoms. The fourth-order valence-electron chi connectivity index (χ4n) is 2.52. The Bertz CT molecular complexity index is 727. The van der Waals surface area contributed by atoms with Crippen molar-refractivity contribution < 1.29 is 18.9 Å². The summed E-state index contributed by atoms with van der Waals surface area (Å²) in [6, 6.07) is 28.9. The van der Waals surface area contributed by atoms with E-state index in [0.29, 0.717) is 0 Å². The van der Waals surface area contributed by atoms with Crippen LogP contribution in [0.2, 0.25) is 0 Å². The van der Waals surface area contributed by atoms with E-state index >= 15 is 0 Å². The van der Waals surface area contributed by atoms with Crippen LogP contribution in [-0.4, -0.2) is 7.57 Å². The van der Waals surface area contributed by atoms with Gasteiger partial charge in [0, 0.05) is 16.2 Å². The molecule has 3 rings (SSSR count). The molecule has 0 heterocycles. The number of hydrogen-bond acceptors (Lipinski definition) is 0. The van der Waals surface area contributed by atoms with E-state index in [-0.39, 0.29) is 18.9 Å². The zero-order valence-corrected chi connectivity index (χ0v) is 13.7. The zero-order valence-electron chi connectivity index (χ0n) is 12.8. The Morgan fingerprint density at radius 1 is 0.682 bits per heavy atom. The van der Waals surface area contributed by atoms with Gasteiger partial charge in [-0.25, -0.2) is 6.66 Å². The van der Waals surface area contributed by atoms with Crippen molar-refractivity contribution >= 4 is 25.3 Å². The van der Waals surface area contributed by atoms with Crippen LogP contribution in [0.25, 0.3) is 11.1 Å². The minimum absolute atomic E-state index is 0. The van der Waals surface area contributed by atoms with Crippen molar-refractivity contribution in [1.29, 1.82) is 0 Å². The average molecular weight is 293 g/mol. The molecule has 1 atom stereocenters. The van der Waals surface area contributed by atoms with Crippen LogP contribution < -0.4 is 29.5 Å². The molecule has 0 saturated carbocycles. The molecular weight excluding hydrogens is 277 g/mol. The van der Waals surface area contributed by atoms with Gasteiger partial charge in [-0.2, -0.15) is 0 Å². The van der Waals surface area contributed by atoms with Gasteiger partial charge in [0.25, 0.3) is 0 Å². The summed E-state index contributed by atoms with van der Waals surface area (Å²) in [6.45, 7) is 4.39. The summed E-state index contributed by atoms with van der Waals surface area (Å²) in [4.78, 5) is 0. The molecular formula is C19H16BLiP. The standard InChI is InChI=1S/C19H16BP.Li/c1-21(20,17-12-6-3-7-13-17)19-15-9-8-14-18(19)16-10-4-2-5-11-16;/h2-15H,1H2;/q-1;+1. The van der Waals surface area contributed by atoms with Crippen molar-refractivity contribution in [2.75, 3.05) is 0 Å². The van der Waals surface area contributed by atoms with Crippen LogP contribution in [0.15, 0.2) is 84.9 Å². The fraction of sp³-hybridized carbons (Fsp3) is 0. The third kappa shape index (κ3) is 3.39. The Balaban J connectivity index is 0.00000176. The predicted octanol–water partition coefficient (Wildman–Crippen LogP) is 1.20. The fourth-order valence-corrected chi connectivity index (χ4v) is 4.48. The van der Waals surface area contributed by atoms with Gasteiger partial charge in [-0.15, -0.1) is 0 Å². The molecule has 0 amide bonds. The predicted molar refractivity (Wildman–Crippen MR) is 95.6 cm³/mol. The molecule has 1 unspecified atom stereocenters. The molecule has 101 valence electrons. The van der Waals surface area contributed by atoms with E-state index in [1.807, 2.05) is 42.5 Å². The van der Waals surface area contributed by atoms with E-state index in [0.717, 1.165) is 10.6 Å². The van der Waals surface area contributed by atoms with Crippen molar-refractivity contribution in [3.63, 3.8) is 0 Å². The first kappa shape index (κ1) is 17.1. The molecule has 0 aliphatic heterocycles. The summed E-state index contributed by atoms with van der Waals surface area (Å²) in [7, 11) is 4.60. The quantitative estimate of drug-likeness (QED) is 0.387. The monoisotopic (exact) mass is 293 g/mol. The van der Waals surface area contributed by atoms with Gasteiger partial charge in [0.2, 0.25) is 0 Å². The van der Waals surface area contributed by atoms with Gasteiger partial charge in [0.05, 0.1) is 0 Å². The molecule has 0 fully saturated rings. The smallest absolute Gasteiger partial charge is 0.334 e. The van der Waals surface area contributed by atoms with Gasteiger partial charge in [0.15, 0.2) is 0 Å². The Morgan fingerprint density at radius 2 is 1.18 bits per heavy atom. The van der Waals surface area contributed by atoms with Crippen molar-refractivity contribution in [1.82, 2.24) is 0 Å². The Kier molecular flexibility index (Phi) is 5.71. The maximum Gasteiger partial charge on any atom is 1.00 e. The number of benzene rings is 3. The van der Waals surface area contributed by atoms with Crippen LogP contribution in [0.5, 0.6) is 0 Å². The van der Waals surface area contributed by atoms with Crippen LogP contribution in [0.1, 0.15) is 0 Å². The third-order valence-corrected chi connectivity index (χ3v) is 6.11. The third-order valence-electron chi connectivity index (χ3n) is 3.64. The Morgan fingerprint density at radius 3 is 1.82 bits per heavy atom. The average Bonchev–Trinajstić information content (AvgIpc) is 2.56. The van der Waals surface area contributed by atoms with Crippen molar-refractivity contribution in [3.05, 3.63) is 91.6 Å². The first-order valence-electron chi connectivity index (χ1n) is 6.92. The molecule has 0 aliphatic rings. The van der Waals surface area contributed by atoms with Gasteiger partial charge in [-0.3, -0.25) is 0 Å². The molecule has 0 bridgehead atoms. The molecule has 0 saturated heterocycles. The van der Waals surface area contributed by atoms with Crippen LogP contribution in [-0.2, 0) is 0 Å². The van der Waals surface area contributed by atoms with Crippen LogP contribution in [0, 0.1) is 6.66 Å². The molecule has 0 N–H and O–H groups in total. The second-order valence-electron chi connectivity index (χ2n) is 5.09. The van der Waals surface area contributed by atoms with E-state index in [9.17, 15) is 0 Å². The molecule has 3 aromatic rings. The molecule has 3 radical (unpaired) electrons. The molecule has 22 heavy (non-hydrogen) atoms. The first-order valence-corrected chi connectivity index (χ1v) is 8.96. The minimum Gasteiger partial charge on any atom is -0.334 e. The maximum absolute atomic E-state index is 6.70. The summed E-state index contributed by atoms with van der Waals surface area (Å²) in [6.07, 6.45) is 0. The van der Waals surface area contributed by atoms with E-state index < -0.39 is 7.14 Å². The molecule has 0 nitrogen and oxygen atoms in total. The second-order valence-corrected chi connectivity index (χ2v) is 7.82. The van der Waals surface area contributed by atoms with Crippen LogP contribution in [0.3, 0.4) is 0 Å². The largest absolute Gasteiger partial charge is 1.00 e. The molecule has 3 aromatic carbocycles. The Labute approximate surface area is 146 Å². The summed E-state index contributed by atoms with van der Waals surface area (Å²) in [5.74, 6) is 0. The Hall–Kier alpha value is -1.25. The summed E-state index contributed by atoms with van der Waals surface area (Å²) in [5, 5.41) is 2.26. The topological polar surface area (TPSA) is 0 Å². The maximum atomic E-state index is 6.70. The summed E-state index contributed by atoms with van der Waals surface area (Å²) in [5.41, 5.74) is 2.36. The van der Waals surface area contributed by atoms with Gasteiger partial charge >= 0.3 is 18.9 Å². The van der Waals surface area contributed by atoms with Gasteiger partial charge in [0.1, 0.15) is 0 Å². The SMILES string of the molecule is [B-][P+]([CH2-])(c1ccccc1)c1ccccc1-c1ccccc1.[Li+].